The van der Waals surface area contributed by atoms with Gasteiger partial charge in [-0.15, -0.1) is 20.4 Å². The summed E-state index contributed by atoms with van der Waals surface area (Å²) in [6.45, 7) is 5.99. The zero-order valence-corrected chi connectivity index (χ0v) is 19.2. The van der Waals surface area contributed by atoms with E-state index in [1.54, 1.807) is 17.8 Å². The maximum Gasteiger partial charge on any atom is 0.257 e. The maximum atomic E-state index is 12.3. The Kier molecular flexibility index (Phi) is 7.58. The highest BCUT2D eigenvalue weighted by Crippen LogP contribution is 2.27. The smallest absolute Gasteiger partial charge is 0.257 e. The highest BCUT2D eigenvalue weighted by molar-refractivity contribution is 8.01. The molecular weight excluding hydrogens is 448 g/mol. The van der Waals surface area contributed by atoms with Crippen molar-refractivity contribution < 1.29 is 9.59 Å². The molecule has 29 heavy (non-hydrogen) atoms. The summed E-state index contributed by atoms with van der Waals surface area (Å²) in [6, 6.07) is 5.52. The van der Waals surface area contributed by atoms with E-state index in [4.69, 9.17) is 0 Å². The van der Waals surface area contributed by atoms with E-state index >= 15 is 0 Å². The number of rotatable bonds is 8. The summed E-state index contributed by atoms with van der Waals surface area (Å²) in [4.78, 5) is 24.4. The fraction of sp³-hybridized carbons (Fsp3) is 0.294. The minimum absolute atomic E-state index is 0.162. The molecule has 0 aliphatic carbocycles. The molecule has 152 valence electrons. The average Bonchev–Trinajstić information content (AvgIpc) is 3.32. The molecule has 0 saturated heterocycles. The molecule has 0 aliphatic heterocycles. The van der Waals surface area contributed by atoms with E-state index in [9.17, 15) is 9.59 Å². The Balaban J connectivity index is 1.49. The summed E-state index contributed by atoms with van der Waals surface area (Å²) in [5, 5.41) is 22.2. The molecule has 3 aromatic rings. The molecule has 0 unspecified atom stereocenters. The fourth-order valence-corrected chi connectivity index (χ4v) is 5.31. The van der Waals surface area contributed by atoms with E-state index < -0.39 is 0 Å². The first-order chi connectivity index (χ1) is 13.9. The van der Waals surface area contributed by atoms with Crippen LogP contribution in [0.4, 0.5) is 10.3 Å². The predicted molar refractivity (Wildman–Crippen MR) is 119 cm³/mol. The van der Waals surface area contributed by atoms with E-state index in [1.165, 1.54) is 34.4 Å². The summed E-state index contributed by atoms with van der Waals surface area (Å²) < 4.78 is 1.42. The molecule has 0 bridgehead atoms. The van der Waals surface area contributed by atoms with E-state index in [2.05, 4.69) is 31.0 Å². The number of anilines is 2. The molecule has 8 nitrogen and oxygen atoms in total. The first kappa shape index (κ1) is 21.7. The number of nitrogens with one attached hydrogen (secondary N) is 2. The van der Waals surface area contributed by atoms with Gasteiger partial charge >= 0.3 is 0 Å². The van der Waals surface area contributed by atoms with Crippen molar-refractivity contribution in [1.82, 2.24) is 20.4 Å². The van der Waals surface area contributed by atoms with Crippen molar-refractivity contribution in [3.05, 3.63) is 34.9 Å². The van der Waals surface area contributed by atoms with Crippen LogP contribution in [0.25, 0.3) is 0 Å². The highest BCUT2D eigenvalue weighted by Gasteiger charge is 2.13. The molecule has 0 aliphatic rings. The Morgan fingerprint density at radius 3 is 2.24 bits per heavy atom. The second-order valence-electron chi connectivity index (χ2n) is 5.77. The molecule has 2 amide bonds. The van der Waals surface area contributed by atoms with E-state index in [0.717, 1.165) is 21.2 Å². The van der Waals surface area contributed by atoms with E-state index in [-0.39, 0.29) is 17.6 Å². The molecule has 0 radical (unpaired) electrons. The van der Waals surface area contributed by atoms with Crippen LogP contribution in [0.1, 0.15) is 28.4 Å². The topological polar surface area (TPSA) is 110 Å². The number of aromatic nitrogens is 4. The third kappa shape index (κ3) is 6.23. The van der Waals surface area contributed by atoms with Gasteiger partial charge in [0.2, 0.25) is 16.2 Å². The zero-order chi connectivity index (χ0) is 20.8. The molecule has 2 aromatic heterocycles. The minimum Gasteiger partial charge on any atom is -0.300 e. The van der Waals surface area contributed by atoms with Crippen LogP contribution in [-0.2, 0) is 4.79 Å². The quantitative estimate of drug-likeness (QED) is 0.377. The average molecular weight is 467 g/mol. The number of nitrogens with zero attached hydrogens (tertiary/aromatic N) is 4. The molecule has 0 atom stereocenters. The first-order valence-corrected chi connectivity index (χ1v) is 12.2. The molecule has 12 heteroatoms. The molecular formula is C17H18N6O2S4. The van der Waals surface area contributed by atoms with Gasteiger partial charge in [0.1, 0.15) is 0 Å². The van der Waals surface area contributed by atoms with Gasteiger partial charge in [-0.05, 0) is 42.9 Å². The second-order valence-corrected chi connectivity index (χ2v) is 10.5. The lowest BCUT2D eigenvalue weighted by atomic mass is 10.1. The number of hydrogen-bond acceptors (Lipinski definition) is 10. The Labute approximate surface area is 184 Å². The molecule has 0 fully saturated rings. The Morgan fingerprint density at radius 1 is 0.931 bits per heavy atom. The van der Waals surface area contributed by atoms with Crippen molar-refractivity contribution in [2.24, 2.45) is 0 Å². The number of hydrogen-bond donors (Lipinski definition) is 2. The van der Waals surface area contributed by atoms with Crippen LogP contribution < -0.4 is 10.6 Å². The monoisotopic (exact) mass is 466 g/mol. The van der Waals surface area contributed by atoms with Crippen LogP contribution in [0.5, 0.6) is 0 Å². The summed E-state index contributed by atoms with van der Waals surface area (Å²) >= 11 is 5.39. The van der Waals surface area contributed by atoms with Crippen LogP contribution in [0.3, 0.4) is 0 Å². The summed E-state index contributed by atoms with van der Waals surface area (Å²) in [5.74, 6) is 0.624. The van der Waals surface area contributed by atoms with Crippen LogP contribution >= 0.6 is 46.2 Å². The Morgan fingerprint density at radius 2 is 1.59 bits per heavy atom. The molecule has 1 aromatic carbocycles. The SMILES string of the molecule is CCSc1nnc(NC(=O)CSc2nnc(NC(=O)c3ccc(C)c(C)c3)s2)s1. The van der Waals surface area contributed by atoms with Gasteiger partial charge in [0, 0.05) is 5.56 Å². The molecule has 0 saturated carbocycles. The predicted octanol–water partition coefficient (Wildman–Crippen LogP) is 4.10. The van der Waals surface area contributed by atoms with Gasteiger partial charge in [0.25, 0.3) is 5.91 Å². The van der Waals surface area contributed by atoms with Gasteiger partial charge in [-0.2, -0.15) is 0 Å². The number of benzene rings is 1. The van der Waals surface area contributed by atoms with E-state index in [0.29, 0.717) is 20.2 Å². The Hall–Kier alpha value is -2.02. The maximum absolute atomic E-state index is 12.3. The van der Waals surface area contributed by atoms with Crippen molar-refractivity contribution in [2.45, 2.75) is 29.5 Å². The summed E-state index contributed by atoms with van der Waals surface area (Å²) in [5.41, 5.74) is 2.74. The second kappa shape index (κ2) is 10.1. The van der Waals surface area contributed by atoms with Crippen LogP contribution in [0, 0.1) is 13.8 Å². The van der Waals surface area contributed by atoms with Crippen molar-refractivity contribution >= 4 is 68.3 Å². The molecule has 2 heterocycles. The number of aryl methyl sites for hydroxylation is 2. The zero-order valence-electron chi connectivity index (χ0n) is 15.9. The highest BCUT2D eigenvalue weighted by atomic mass is 32.2. The summed E-state index contributed by atoms with van der Waals surface area (Å²) in [7, 11) is 0. The van der Waals surface area contributed by atoms with Crippen LogP contribution in [0.2, 0.25) is 0 Å². The number of carbonyl (C=O) groups is 2. The van der Waals surface area contributed by atoms with Gasteiger partial charge in [-0.1, -0.05) is 59.2 Å². The minimum atomic E-state index is -0.240. The van der Waals surface area contributed by atoms with Crippen molar-refractivity contribution in [2.75, 3.05) is 22.1 Å². The van der Waals surface area contributed by atoms with Gasteiger partial charge in [0.05, 0.1) is 5.75 Å². The standard InChI is InChI=1S/C17H18N6O2S4/c1-4-26-16-22-20-14(28-16)18-12(24)8-27-17-23-21-15(29-17)19-13(25)11-6-5-9(2)10(3)7-11/h5-7H,4,8H2,1-3H3,(H,18,20,24)(H,19,21,25). The van der Waals surface area contributed by atoms with Gasteiger partial charge in [0.15, 0.2) is 8.68 Å². The first-order valence-electron chi connectivity index (χ1n) is 8.55. The molecule has 3 rings (SSSR count). The number of amides is 2. The largest absolute Gasteiger partial charge is 0.300 e. The van der Waals surface area contributed by atoms with E-state index in [1.807, 2.05) is 32.9 Å². The Bertz CT molecular complexity index is 1020. The van der Waals surface area contributed by atoms with Crippen LogP contribution in [-0.4, -0.2) is 43.7 Å². The summed E-state index contributed by atoms with van der Waals surface area (Å²) in [6.07, 6.45) is 0. The third-order valence-electron chi connectivity index (χ3n) is 3.64. The lowest BCUT2D eigenvalue weighted by Gasteiger charge is -2.04. The van der Waals surface area contributed by atoms with Gasteiger partial charge in [-0.25, -0.2) is 0 Å². The van der Waals surface area contributed by atoms with Crippen molar-refractivity contribution in [3.63, 3.8) is 0 Å². The van der Waals surface area contributed by atoms with Gasteiger partial charge < -0.3 is 0 Å². The molecule has 0 spiro atoms. The fourth-order valence-electron chi connectivity index (χ4n) is 2.10. The van der Waals surface area contributed by atoms with Crippen LogP contribution in [0.15, 0.2) is 26.9 Å². The molecule has 2 N–H and O–H groups in total. The normalized spacial score (nSPS) is 10.7. The number of carbonyl (C=O) groups excluding carboxylic acids is 2. The van der Waals surface area contributed by atoms with Crippen molar-refractivity contribution in [3.8, 4) is 0 Å². The number of thioether (sulfide) groups is 2. The lowest BCUT2D eigenvalue weighted by molar-refractivity contribution is -0.113. The van der Waals surface area contributed by atoms with Gasteiger partial charge in [-0.3, -0.25) is 20.2 Å². The third-order valence-corrected chi connectivity index (χ3v) is 7.47. The van der Waals surface area contributed by atoms with Crippen molar-refractivity contribution in [1.29, 1.82) is 0 Å². The lowest BCUT2D eigenvalue weighted by Crippen LogP contribution is -2.13.